The van der Waals surface area contributed by atoms with Crippen LogP contribution in [0, 0.1) is 0 Å². The molecule has 2 aromatic rings. The van der Waals surface area contributed by atoms with E-state index in [2.05, 4.69) is 10.3 Å². The van der Waals surface area contributed by atoms with Crippen molar-refractivity contribution < 1.29 is 13.2 Å². The smallest absolute Gasteiger partial charge is 0.255 e. The molecule has 1 aromatic carbocycles. The van der Waals surface area contributed by atoms with Crippen LogP contribution in [0.1, 0.15) is 36.0 Å². The predicted octanol–water partition coefficient (Wildman–Crippen LogP) is 3.62. The molecule has 0 aliphatic carbocycles. The van der Waals surface area contributed by atoms with Crippen molar-refractivity contribution in [2.75, 3.05) is 24.7 Å². The van der Waals surface area contributed by atoms with E-state index < -0.39 is 10.0 Å². The highest BCUT2D eigenvalue weighted by Gasteiger charge is 2.25. The van der Waals surface area contributed by atoms with Gasteiger partial charge in [0.15, 0.2) is 0 Å². The normalized spacial score (nSPS) is 15.9. The summed E-state index contributed by atoms with van der Waals surface area (Å²) in [5.41, 5.74) is 0.874. The highest BCUT2D eigenvalue weighted by molar-refractivity contribution is 7.98. The molecule has 8 heteroatoms. The van der Waals surface area contributed by atoms with E-state index in [1.165, 1.54) is 22.1 Å². The van der Waals surface area contributed by atoms with Gasteiger partial charge >= 0.3 is 0 Å². The molecule has 6 nitrogen and oxygen atoms in total. The summed E-state index contributed by atoms with van der Waals surface area (Å²) in [4.78, 5) is 16.9. The van der Waals surface area contributed by atoms with Crippen molar-refractivity contribution in [3.63, 3.8) is 0 Å². The van der Waals surface area contributed by atoms with Crippen molar-refractivity contribution in [3.8, 4) is 0 Å². The van der Waals surface area contributed by atoms with Crippen molar-refractivity contribution in [2.24, 2.45) is 0 Å². The minimum atomic E-state index is -3.59. The lowest BCUT2D eigenvalue weighted by atomic mass is 10.2. The largest absolute Gasteiger partial charge is 0.321 e. The quantitative estimate of drug-likeness (QED) is 0.769. The van der Waals surface area contributed by atoms with E-state index in [-0.39, 0.29) is 10.8 Å². The molecule has 0 bridgehead atoms. The molecule has 0 spiro atoms. The van der Waals surface area contributed by atoms with Gasteiger partial charge in [-0.1, -0.05) is 18.9 Å². The van der Waals surface area contributed by atoms with Gasteiger partial charge in [0.1, 0.15) is 0 Å². The Labute approximate surface area is 164 Å². The summed E-state index contributed by atoms with van der Waals surface area (Å²) >= 11 is 1.52. The predicted molar refractivity (Wildman–Crippen MR) is 108 cm³/mol. The number of sulfonamides is 1. The molecule has 144 valence electrons. The number of hydrogen-bond acceptors (Lipinski definition) is 5. The third-order valence-electron chi connectivity index (χ3n) is 4.50. The second kappa shape index (κ2) is 8.86. The maximum atomic E-state index is 12.9. The Balaban J connectivity index is 1.78. The van der Waals surface area contributed by atoms with E-state index in [4.69, 9.17) is 0 Å². The number of amides is 1. The van der Waals surface area contributed by atoms with E-state index in [0.29, 0.717) is 24.3 Å². The number of rotatable bonds is 5. The SMILES string of the molecule is CSc1ccc(NC(=O)c2cccc(S(=O)(=O)N3CCCCCC3)c2)cn1. The maximum absolute atomic E-state index is 12.9. The fourth-order valence-corrected chi connectivity index (χ4v) is 4.93. The number of carbonyl (C=O) groups excluding carboxylic acids is 1. The van der Waals surface area contributed by atoms with Crippen LogP contribution in [0.2, 0.25) is 0 Å². The van der Waals surface area contributed by atoms with Gasteiger partial charge in [-0.05, 0) is 49.4 Å². The standard InChI is InChI=1S/C19H23N3O3S2/c1-26-18-10-9-16(14-20-18)21-19(23)15-7-6-8-17(13-15)27(24,25)22-11-4-2-3-5-12-22/h6-10,13-14H,2-5,11-12H2,1H3,(H,21,23). The molecule has 0 saturated carbocycles. The first-order valence-electron chi connectivity index (χ1n) is 8.92. The van der Waals surface area contributed by atoms with E-state index >= 15 is 0 Å². The molecule has 0 atom stereocenters. The molecule has 27 heavy (non-hydrogen) atoms. The molecule has 2 heterocycles. The lowest BCUT2D eigenvalue weighted by molar-refractivity contribution is 0.102. The minimum Gasteiger partial charge on any atom is -0.321 e. The molecular weight excluding hydrogens is 382 g/mol. The van der Waals surface area contributed by atoms with Gasteiger partial charge in [-0.3, -0.25) is 4.79 Å². The summed E-state index contributed by atoms with van der Waals surface area (Å²) < 4.78 is 27.4. The molecule has 1 aliphatic heterocycles. The number of nitrogens with one attached hydrogen (secondary N) is 1. The zero-order valence-corrected chi connectivity index (χ0v) is 16.9. The van der Waals surface area contributed by atoms with E-state index in [0.717, 1.165) is 30.7 Å². The Morgan fingerprint density at radius 1 is 1.11 bits per heavy atom. The van der Waals surface area contributed by atoms with Crippen LogP contribution in [-0.4, -0.2) is 43.0 Å². The Morgan fingerprint density at radius 3 is 2.48 bits per heavy atom. The first kappa shape index (κ1) is 19.9. The topological polar surface area (TPSA) is 79.4 Å². The number of pyridine rings is 1. The monoisotopic (exact) mass is 405 g/mol. The molecule has 1 aromatic heterocycles. The van der Waals surface area contributed by atoms with Gasteiger partial charge in [-0.15, -0.1) is 11.8 Å². The summed E-state index contributed by atoms with van der Waals surface area (Å²) in [5.74, 6) is -0.360. The number of carbonyl (C=O) groups is 1. The van der Waals surface area contributed by atoms with Crippen molar-refractivity contribution in [1.82, 2.24) is 9.29 Å². The van der Waals surface area contributed by atoms with Crippen LogP contribution in [0.5, 0.6) is 0 Å². The molecule has 1 N–H and O–H groups in total. The third kappa shape index (κ3) is 4.88. The van der Waals surface area contributed by atoms with E-state index in [1.54, 1.807) is 30.5 Å². The second-order valence-electron chi connectivity index (χ2n) is 6.39. The minimum absolute atomic E-state index is 0.160. The van der Waals surface area contributed by atoms with Crippen LogP contribution >= 0.6 is 11.8 Å². The number of nitrogens with zero attached hydrogens (tertiary/aromatic N) is 2. The molecule has 0 unspecified atom stereocenters. The lowest BCUT2D eigenvalue weighted by Gasteiger charge is -2.20. The first-order valence-corrected chi connectivity index (χ1v) is 11.6. The first-order chi connectivity index (χ1) is 13.0. The van der Waals surface area contributed by atoms with Crippen molar-refractivity contribution in [3.05, 3.63) is 48.2 Å². The number of anilines is 1. The molecule has 1 fully saturated rings. The van der Waals surface area contributed by atoms with Gasteiger partial charge < -0.3 is 5.32 Å². The molecule has 1 saturated heterocycles. The van der Waals surface area contributed by atoms with Crippen LogP contribution < -0.4 is 5.32 Å². The Hall–Kier alpha value is -1.90. The van der Waals surface area contributed by atoms with Gasteiger partial charge in [-0.2, -0.15) is 4.31 Å². The Bertz CT molecular complexity index is 891. The lowest BCUT2D eigenvalue weighted by Crippen LogP contribution is -2.32. The van der Waals surface area contributed by atoms with Gasteiger partial charge in [0, 0.05) is 18.7 Å². The fraction of sp³-hybridized carbons (Fsp3) is 0.368. The zero-order valence-electron chi connectivity index (χ0n) is 15.2. The van der Waals surface area contributed by atoms with E-state index in [1.807, 2.05) is 12.3 Å². The fourth-order valence-electron chi connectivity index (χ4n) is 3.01. The summed E-state index contributed by atoms with van der Waals surface area (Å²) in [6.45, 7) is 1.07. The number of hydrogen-bond donors (Lipinski definition) is 1. The highest BCUT2D eigenvalue weighted by atomic mass is 32.2. The van der Waals surface area contributed by atoms with Crippen LogP contribution in [0.4, 0.5) is 5.69 Å². The van der Waals surface area contributed by atoms with Crippen LogP contribution in [0.15, 0.2) is 52.5 Å². The highest BCUT2D eigenvalue weighted by Crippen LogP contribution is 2.22. The van der Waals surface area contributed by atoms with Crippen LogP contribution in [0.25, 0.3) is 0 Å². The van der Waals surface area contributed by atoms with Gasteiger partial charge in [0.25, 0.3) is 5.91 Å². The molecule has 1 amide bonds. The average molecular weight is 406 g/mol. The van der Waals surface area contributed by atoms with Gasteiger partial charge in [0.2, 0.25) is 10.0 Å². The molecule has 3 rings (SSSR count). The second-order valence-corrected chi connectivity index (χ2v) is 9.15. The number of thioether (sulfide) groups is 1. The molecular formula is C19H23N3O3S2. The summed E-state index contributed by atoms with van der Waals surface area (Å²) in [7, 11) is -3.59. The molecule has 1 aliphatic rings. The average Bonchev–Trinajstić information content (AvgIpc) is 2.99. The zero-order chi connectivity index (χ0) is 19.3. The maximum Gasteiger partial charge on any atom is 0.255 e. The number of benzene rings is 1. The van der Waals surface area contributed by atoms with Crippen molar-refractivity contribution in [1.29, 1.82) is 0 Å². The summed E-state index contributed by atoms with van der Waals surface area (Å²) in [6.07, 6.45) is 7.37. The Morgan fingerprint density at radius 2 is 1.85 bits per heavy atom. The van der Waals surface area contributed by atoms with Gasteiger partial charge in [-0.25, -0.2) is 13.4 Å². The Kier molecular flexibility index (Phi) is 6.51. The van der Waals surface area contributed by atoms with Crippen LogP contribution in [-0.2, 0) is 10.0 Å². The van der Waals surface area contributed by atoms with Crippen molar-refractivity contribution in [2.45, 2.75) is 35.6 Å². The summed E-state index contributed by atoms with van der Waals surface area (Å²) in [6, 6.07) is 9.80. The van der Waals surface area contributed by atoms with E-state index in [9.17, 15) is 13.2 Å². The number of aromatic nitrogens is 1. The summed E-state index contributed by atoms with van der Waals surface area (Å²) in [5, 5.41) is 3.62. The molecule has 0 radical (unpaired) electrons. The van der Waals surface area contributed by atoms with Crippen molar-refractivity contribution >= 4 is 33.4 Å². The van der Waals surface area contributed by atoms with Gasteiger partial charge in [0.05, 0.1) is 21.8 Å². The third-order valence-corrected chi connectivity index (χ3v) is 7.06. The van der Waals surface area contributed by atoms with Crippen LogP contribution in [0.3, 0.4) is 0 Å².